The summed E-state index contributed by atoms with van der Waals surface area (Å²) in [6, 6.07) is 14.2. The minimum Gasteiger partial charge on any atom is -0.497 e. The van der Waals surface area contributed by atoms with E-state index in [9.17, 15) is 4.79 Å². The number of carbonyl (C=O) groups excluding carboxylic acids is 1. The molecule has 0 bridgehead atoms. The molecular formula is C29H36ClN5O2. The average Bonchev–Trinajstić information content (AvgIpc) is 3.66. The first kappa shape index (κ1) is 25.6. The number of amides is 1. The maximum absolute atomic E-state index is 13.9. The number of nitrogens with zero attached hydrogens (tertiary/aromatic N) is 5. The van der Waals surface area contributed by atoms with Crippen molar-refractivity contribution in [1.82, 2.24) is 19.6 Å². The van der Waals surface area contributed by atoms with Gasteiger partial charge in [-0.15, -0.1) is 0 Å². The summed E-state index contributed by atoms with van der Waals surface area (Å²) in [5.41, 5.74) is 5.87. The molecule has 0 N–H and O–H groups in total. The molecule has 2 fully saturated rings. The van der Waals surface area contributed by atoms with Crippen LogP contribution in [0.4, 0.5) is 5.69 Å². The van der Waals surface area contributed by atoms with Gasteiger partial charge in [-0.2, -0.15) is 5.10 Å². The molecule has 8 heteroatoms. The lowest BCUT2D eigenvalue weighted by Gasteiger charge is -2.34. The summed E-state index contributed by atoms with van der Waals surface area (Å²) in [5, 5.41) is 5.36. The first-order valence-electron chi connectivity index (χ1n) is 13.0. The van der Waals surface area contributed by atoms with E-state index < -0.39 is 0 Å². The summed E-state index contributed by atoms with van der Waals surface area (Å²) in [5.74, 6) is 1.27. The highest BCUT2D eigenvalue weighted by atomic mass is 35.5. The van der Waals surface area contributed by atoms with E-state index in [1.807, 2.05) is 42.3 Å². The Morgan fingerprint density at radius 3 is 2.46 bits per heavy atom. The Kier molecular flexibility index (Phi) is 7.45. The van der Waals surface area contributed by atoms with Crippen molar-refractivity contribution in [3.8, 4) is 5.75 Å². The van der Waals surface area contributed by atoms with Gasteiger partial charge in [-0.3, -0.25) is 9.48 Å². The molecule has 1 amide bonds. The van der Waals surface area contributed by atoms with Gasteiger partial charge < -0.3 is 19.4 Å². The number of rotatable bonds is 8. The summed E-state index contributed by atoms with van der Waals surface area (Å²) < 4.78 is 7.11. The molecule has 0 spiro atoms. The van der Waals surface area contributed by atoms with Crippen molar-refractivity contribution >= 4 is 23.2 Å². The van der Waals surface area contributed by atoms with Crippen LogP contribution in [0.3, 0.4) is 0 Å². The van der Waals surface area contributed by atoms with Crippen molar-refractivity contribution in [3.63, 3.8) is 0 Å². The van der Waals surface area contributed by atoms with E-state index in [0.29, 0.717) is 24.7 Å². The number of anilines is 1. The lowest BCUT2D eigenvalue weighted by Crippen LogP contribution is -2.44. The van der Waals surface area contributed by atoms with Crippen molar-refractivity contribution in [2.24, 2.45) is 7.05 Å². The van der Waals surface area contributed by atoms with Gasteiger partial charge in [0.1, 0.15) is 11.4 Å². The molecule has 1 aliphatic heterocycles. The molecule has 1 aliphatic carbocycles. The Morgan fingerprint density at radius 2 is 1.81 bits per heavy atom. The van der Waals surface area contributed by atoms with Crippen LogP contribution >= 0.6 is 11.6 Å². The lowest BCUT2D eigenvalue weighted by atomic mass is 10.1. The highest BCUT2D eigenvalue weighted by molar-refractivity contribution is 6.33. The number of hydrogen-bond acceptors (Lipinski definition) is 5. The second-order valence-corrected chi connectivity index (χ2v) is 10.8. The van der Waals surface area contributed by atoms with Gasteiger partial charge in [-0.05, 0) is 73.8 Å². The van der Waals surface area contributed by atoms with Crippen molar-refractivity contribution in [2.45, 2.75) is 38.8 Å². The van der Waals surface area contributed by atoms with Crippen LogP contribution in [0, 0.1) is 6.92 Å². The van der Waals surface area contributed by atoms with E-state index in [-0.39, 0.29) is 5.91 Å². The highest BCUT2D eigenvalue weighted by Crippen LogP contribution is 2.39. The van der Waals surface area contributed by atoms with Crippen molar-refractivity contribution in [1.29, 1.82) is 0 Å². The maximum Gasteiger partial charge on any atom is 0.272 e. The molecule has 3 aromatic rings. The minimum absolute atomic E-state index is 0.0311. The average molecular weight is 522 g/mol. The number of hydrogen-bond donors (Lipinski definition) is 0. The minimum atomic E-state index is -0.0311. The van der Waals surface area contributed by atoms with Gasteiger partial charge in [-0.25, -0.2) is 0 Å². The zero-order valence-electron chi connectivity index (χ0n) is 22.2. The molecule has 0 unspecified atom stereocenters. The normalized spacial score (nSPS) is 16.2. The van der Waals surface area contributed by atoms with E-state index in [2.05, 4.69) is 41.0 Å². The number of halogens is 1. The van der Waals surface area contributed by atoms with Crippen LogP contribution in [0.25, 0.3) is 0 Å². The third-order valence-electron chi connectivity index (χ3n) is 7.54. The molecule has 37 heavy (non-hydrogen) atoms. The number of aromatic nitrogens is 2. The molecule has 1 aromatic heterocycles. The monoisotopic (exact) mass is 521 g/mol. The summed E-state index contributed by atoms with van der Waals surface area (Å²) in [6.07, 6.45) is 2.30. The number of piperazine rings is 1. The fourth-order valence-electron chi connectivity index (χ4n) is 4.98. The number of carbonyl (C=O) groups is 1. The molecule has 1 saturated carbocycles. The lowest BCUT2D eigenvalue weighted by molar-refractivity contribution is 0.0718. The molecule has 7 nitrogen and oxygen atoms in total. The van der Waals surface area contributed by atoms with Crippen LogP contribution in [0.5, 0.6) is 5.75 Å². The number of benzene rings is 2. The largest absolute Gasteiger partial charge is 0.497 e. The number of methoxy groups -OCH3 is 1. The predicted molar refractivity (Wildman–Crippen MR) is 148 cm³/mol. The Bertz CT molecular complexity index is 1280. The van der Waals surface area contributed by atoms with Crippen molar-refractivity contribution in [3.05, 3.63) is 75.6 Å². The van der Waals surface area contributed by atoms with Gasteiger partial charge in [0.2, 0.25) is 0 Å². The van der Waals surface area contributed by atoms with E-state index in [4.69, 9.17) is 16.3 Å². The van der Waals surface area contributed by atoms with Gasteiger partial charge in [0.15, 0.2) is 0 Å². The van der Waals surface area contributed by atoms with Crippen LogP contribution in [-0.2, 0) is 20.1 Å². The first-order valence-corrected chi connectivity index (χ1v) is 13.4. The molecule has 0 atom stereocenters. The van der Waals surface area contributed by atoms with Crippen molar-refractivity contribution < 1.29 is 9.53 Å². The van der Waals surface area contributed by atoms with E-state index in [1.54, 1.807) is 11.8 Å². The zero-order valence-corrected chi connectivity index (χ0v) is 23.0. The van der Waals surface area contributed by atoms with Gasteiger partial charge in [-0.1, -0.05) is 23.7 Å². The molecule has 5 rings (SSSR count). The summed E-state index contributed by atoms with van der Waals surface area (Å²) >= 11 is 6.78. The topological polar surface area (TPSA) is 53.8 Å². The molecule has 2 aliphatic rings. The van der Waals surface area contributed by atoms with Crippen LogP contribution in [0.1, 0.15) is 51.6 Å². The molecule has 2 heterocycles. The van der Waals surface area contributed by atoms with E-state index in [0.717, 1.165) is 77.9 Å². The third-order valence-corrected chi connectivity index (χ3v) is 7.84. The Labute approximate surface area is 224 Å². The predicted octanol–water partition coefficient (Wildman–Crippen LogP) is 4.86. The second kappa shape index (κ2) is 10.8. The second-order valence-electron chi connectivity index (χ2n) is 10.4. The fourth-order valence-corrected chi connectivity index (χ4v) is 5.30. The van der Waals surface area contributed by atoms with E-state index >= 15 is 0 Å². The zero-order chi connectivity index (χ0) is 26.1. The quantitative estimate of drug-likeness (QED) is 0.423. The van der Waals surface area contributed by atoms with Gasteiger partial charge in [0.05, 0.1) is 23.5 Å². The SMILES string of the molecule is COc1ccc(CN(Cc2ccc(N3CCN(C)CC3)c(Cl)c2)C(=O)c2cc(C3CC3)nn2C)c(C)c1. The molecule has 2 aromatic carbocycles. The standard InChI is InChI=1S/C29H36ClN5O2/c1-20-15-24(37-4)9-8-23(20)19-35(29(36)28-17-26(22-6-7-22)31-33(28)3)18-21-5-10-27(25(30)16-21)34-13-11-32(2)12-14-34/h5,8-10,15-17,22H,6-7,11-14,18-19H2,1-4H3. The molecule has 1 saturated heterocycles. The molecule has 196 valence electrons. The number of likely N-dealkylation sites (N-methyl/N-ethyl adjacent to an activating group) is 1. The van der Waals surface area contributed by atoms with Gasteiger partial charge in [0, 0.05) is 52.2 Å². The first-order chi connectivity index (χ1) is 17.8. The maximum atomic E-state index is 13.9. The smallest absolute Gasteiger partial charge is 0.272 e. The van der Waals surface area contributed by atoms with Crippen molar-refractivity contribution in [2.75, 3.05) is 45.2 Å². The summed E-state index contributed by atoms with van der Waals surface area (Å²) in [7, 11) is 5.67. The Hall–Kier alpha value is -3.03. The highest BCUT2D eigenvalue weighted by Gasteiger charge is 2.29. The Morgan fingerprint density at radius 1 is 1.05 bits per heavy atom. The fraction of sp³-hybridized carbons (Fsp3) is 0.448. The number of aryl methyl sites for hydroxylation is 2. The van der Waals surface area contributed by atoms with Crippen LogP contribution < -0.4 is 9.64 Å². The summed E-state index contributed by atoms with van der Waals surface area (Å²) in [6.45, 7) is 6.95. The molecule has 0 radical (unpaired) electrons. The molecular weight excluding hydrogens is 486 g/mol. The van der Waals surface area contributed by atoms with Crippen LogP contribution in [-0.4, -0.2) is 65.8 Å². The third kappa shape index (κ3) is 5.78. The Balaban J connectivity index is 1.41. The number of ether oxygens (including phenoxy) is 1. The summed E-state index contributed by atoms with van der Waals surface area (Å²) in [4.78, 5) is 20.5. The van der Waals surface area contributed by atoms with Crippen LogP contribution in [0.2, 0.25) is 5.02 Å². The van der Waals surface area contributed by atoms with Gasteiger partial charge in [0.25, 0.3) is 5.91 Å². The van der Waals surface area contributed by atoms with E-state index in [1.165, 1.54) is 0 Å². The van der Waals surface area contributed by atoms with Crippen LogP contribution in [0.15, 0.2) is 42.5 Å². The van der Waals surface area contributed by atoms with Gasteiger partial charge >= 0.3 is 0 Å².